The van der Waals surface area contributed by atoms with Gasteiger partial charge in [0.25, 0.3) is 0 Å². The van der Waals surface area contributed by atoms with Gasteiger partial charge in [0.15, 0.2) is 0 Å². The lowest BCUT2D eigenvalue weighted by Crippen LogP contribution is -2.50. The molecular formula is C40H55Br2N5O7. The fourth-order valence-corrected chi connectivity index (χ4v) is 9.59. The monoisotopic (exact) mass is 875 g/mol. The van der Waals surface area contributed by atoms with Gasteiger partial charge in [0.1, 0.15) is 5.75 Å². The topological polar surface area (TPSA) is 132 Å². The predicted molar refractivity (Wildman–Crippen MR) is 214 cm³/mol. The number of methoxy groups -OCH3 is 2. The van der Waals surface area contributed by atoms with Crippen LogP contribution in [-0.2, 0) is 31.9 Å². The minimum absolute atomic E-state index is 0.0403. The molecule has 4 amide bonds. The van der Waals surface area contributed by atoms with Crippen LogP contribution in [0.4, 0.5) is 15.3 Å². The quantitative estimate of drug-likeness (QED) is 0.274. The number of carbonyl (C=O) groups excluding carboxylic acids is 4. The third kappa shape index (κ3) is 11.1. The molecule has 0 aromatic heterocycles. The number of para-hydroxylation sites is 1. The number of fused-ring (bicyclic) bond motifs is 1. The van der Waals surface area contributed by atoms with Gasteiger partial charge in [0.2, 0.25) is 5.91 Å². The van der Waals surface area contributed by atoms with Crippen LogP contribution in [0.25, 0.3) is 0 Å². The number of nitrogens with one attached hydrogen (secondary N) is 1. The molecule has 0 spiro atoms. The van der Waals surface area contributed by atoms with Gasteiger partial charge in [0, 0.05) is 56.9 Å². The molecule has 2 N–H and O–H groups in total. The molecule has 296 valence electrons. The fraction of sp³-hybridized carbons (Fsp3) is 0.600. The van der Waals surface area contributed by atoms with Crippen molar-refractivity contribution in [3.8, 4) is 5.75 Å². The molecule has 0 unspecified atom stereocenters. The van der Waals surface area contributed by atoms with Crippen LogP contribution in [-0.4, -0.2) is 121 Å². The molecule has 4 aliphatic rings. The van der Waals surface area contributed by atoms with Crippen LogP contribution in [0.1, 0.15) is 63.0 Å². The summed E-state index contributed by atoms with van der Waals surface area (Å²) in [5.74, 6) is 1.61. The maximum atomic E-state index is 13.0. The highest BCUT2D eigenvalue weighted by Gasteiger charge is 2.33. The summed E-state index contributed by atoms with van der Waals surface area (Å²) in [5.41, 5.74) is 3.10. The van der Waals surface area contributed by atoms with Crippen LogP contribution >= 0.6 is 31.9 Å². The summed E-state index contributed by atoms with van der Waals surface area (Å²) in [6.07, 6.45) is 7.80. The standard InChI is InChI=1S/C24H34Br2N2O4.C16H21N3O3/c1-16(13-17-14-20(25)23(30)21(26)15-17)24(31)28-11-5-19(6-12-28)18-3-8-27(9-4-18)10-7-22(29)32-2;1-22-16(21)18-9-7-13(8-10-18)19-11-6-12-4-2-3-5-14(12)17-15(19)20/h14-16,18-19,30H,3-13H2,1-2H3;2-5,13H,6-11H2,1H3,(H,17,20)/t16-;/m1./s1. The first kappa shape index (κ1) is 41.8. The first-order chi connectivity index (χ1) is 26.0. The summed E-state index contributed by atoms with van der Waals surface area (Å²) in [5, 5.41) is 12.9. The van der Waals surface area contributed by atoms with Gasteiger partial charge < -0.3 is 39.5 Å². The Morgan fingerprint density at radius 1 is 0.852 bits per heavy atom. The molecular weight excluding hydrogens is 822 g/mol. The molecule has 2 aromatic rings. The molecule has 0 bridgehead atoms. The highest BCUT2D eigenvalue weighted by molar-refractivity contribution is 9.11. The average Bonchev–Trinajstić information content (AvgIpc) is 3.36. The fourth-order valence-electron chi connectivity index (χ4n) is 8.31. The van der Waals surface area contributed by atoms with Gasteiger partial charge in [-0.2, -0.15) is 0 Å². The van der Waals surface area contributed by atoms with Crippen molar-refractivity contribution in [3.05, 3.63) is 56.5 Å². The number of esters is 1. The van der Waals surface area contributed by atoms with E-state index in [4.69, 9.17) is 9.47 Å². The molecule has 1 atom stereocenters. The van der Waals surface area contributed by atoms with E-state index < -0.39 is 0 Å². The van der Waals surface area contributed by atoms with Crippen molar-refractivity contribution >= 4 is 61.5 Å². The number of halogens is 2. The van der Waals surface area contributed by atoms with Crippen LogP contribution in [0, 0.1) is 17.8 Å². The number of amides is 4. The van der Waals surface area contributed by atoms with E-state index in [1.807, 2.05) is 47.1 Å². The van der Waals surface area contributed by atoms with Crippen LogP contribution in [0.15, 0.2) is 45.3 Å². The van der Waals surface area contributed by atoms with Gasteiger partial charge in [-0.25, -0.2) is 9.59 Å². The van der Waals surface area contributed by atoms with Gasteiger partial charge in [-0.15, -0.1) is 0 Å². The van der Waals surface area contributed by atoms with E-state index >= 15 is 0 Å². The average molecular weight is 878 g/mol. The maximum absolute atomic E-state index is 13.0. The number of rotatable bonds is 8. The molecule has 0 aliphatic carbocycles. The van der Waals surface area contributed by atoms with E-state index in [0.717, 1.165) is 82.0 Å². The molecule has 6 rings (SSSR count). The van der Waals surface area contributed by atoms with E-state index in [1.165, 1.54) is 32.6 Å². The van der Waals surface area contributed by atoms with Crippen molar-refractivity contribution < 1.29 is 33.8 Å². The first-order valence-electron chi connectivity index (χ1n) is 19.2. The number of aromatic hydroxyl groups is 1. The zero-order valence-corrected chi connectivity index (χ0v) is 34.9. The number of urea groups is 1. The molecule has 4 aliphatic heterocycles. The highest BCUT2D eigenvalue weighted by atomic mass is 79.9. The normalized spacial score (nSPS) is 19.5. The number of likely N-dealkylation sites (tertiary alicyclic amines) is 3. The Morgan fingerprint density at radius 3 is 2.06 bits per heavy atom. The smallest absolute Gasteiger partial charge is 0.409 e. The van der Waals surface area contributed by atoms with Crippen LogP contribution < -0.4 is 5.32 Å². The Bertz CT molecular complexity index is 1580. The first-order valence-corrected chi connectivity index (χ1v) is 20.8. The zero-order chi connectivity index (χ0) is 38.8. The minimum Gasteiger partial charge on any atom is -0.506 e. The molecule has 3 fully saturated rings. The maximum Gasteiger partial charge on any atom is 0.409 e. The summed E-state index contributed by atoms with van der Waals surface area (Å²) >= 11 is 6.74. The van der Waals surface area contributed by atoms with Gasteiger partial charge in [-0.05, 0) is 137 Å². The molecule has 0 radical (unpaired) electrons. The largest absolute Gasteiger partial charge is 0.506 e. The molecule has 2 aromatic carbocycles. The van der Waals surface area contributed by atoms with Crippen LogP contribution in [0.5, 0.6) is 5.75 Å². The number of piperidine rings is 3. The Balaban J connectivity index is 0.000000222. The van der Waals surface area contributed by atoms with Gasteiger partial charge >= 0.3 is 18.1 Å². The number of ether oxygens (including phenoxy) is 2. The summed E-state index contributed by atoms with van der Waals surface area (Å²) < 4.78 is 10.8. The Hall–Kier alpha value is -3.36. The van der Waals surface area contributed by atoms with Crippen molar-refractivity contribution in [2.24, 2.45) is 17.8 Å². The second-order valence-corrected chi connectivity index (χ2v) is 16.6. The molecule has 0 saturated carbocycles. The van der Waals surface area contributed by atoms with Crippen LogP contribution in [0.2, 0.25) is 0 Å². The van der Waals surface area contributed by atoms with Crippen molar-refractivity contribution in [1.82, 2.24) is 19.6 Å². The minimum atomic E-state index is -0.286. The Kier molecular flexibility index (Phi) is 15.5. The predicted octanol–water partition coefficient (Wildman–Crippen LogP) is 6.92. The highest BCUT2D eigenvalue weighted by Crippen LogP contribution is 2.35. The third-order valence-corrected chi connectivity index (χ3v) is 12.7. The number of phenols is 1. The third-order valence-electron chi connectivity index (χ3n) is 11.5. The molecule has 54 heavy (non-hydrogen) atoms. The number of hydrogen-bond donors (Lipinski definition) is 2. The second-order valence-electron chi connectivity index (χ2n) is 14.9. The summed E-state index contributed by atoms with van der Waals surface area (Å²) in [6.45, 7) is 8.56. The van der Waals surface area contributed by atoms with E-state index in [2.05, 4.69) is 48.1 Å². The van der Waals surface area contributed by atoms with Crippen LogP contribution in [0.3, 0.4) is 0 Å². The summed E-state index contributed by atoms with van der Waals surface area (Å²) in [7, 11) is 2.84. The Morgan fingerprint density at radius 2 is 1.44 bits per heavy atom. The number of anilines is 1. The van der Waals surface area contributed by atoms with Gasteiger partial charge in [0.05, 0.1) is 29.6 Å². The summed E-state index contributed by atoms with van der Waals surface area (Å²) in [4.78, 5) is 56.4. The number of nitrogens with zero attached hydrogens (tertiary/aromatic N) is 4. The van der Waals surface area contributed by atoms with Crippen molar-refractivity contribution in [3.63, 3.8) is 0 Å². The number of phenolic OH excluding ortho intramolecular Hbond substituents is 1. The van der Waals surface area contributed by atoms with Gasteiger partial charge in [-0.3, -0.25) is 9.59 Å². The lowest BCUT2D eigenvalue weighted by Gasteiger charge is -2.40. The molecule has 14 heteroatoms. The number of benzene rings is 2. The lowest BCUT2D eigenvalue weighted by atomic mass is 9.78. The number of hydrogen-bond acceptors (Lipinski definition) is 8. The second kappa shape index (κ2) is 20.0. The van der Waals surface area contributed by atoms with Crippen molar-refractivity contribution in [1.29, 1.82) is 0 Å². The lowest BCUT2D eigenvalue weighted by molar-refractivity contribution is -0.141. The van der Waals surface area contributed by atoms with E-state index in [1.54, 1.807) is 4.90 Å². The summed E-state index contributed by atoms with van der Waals surface area (Å²) in [6, 6.07) is 11.8. The molecule has 12 nitrogen and oxygen atoms in total. The van der Waals surface area contributed by atoms with E-state index in [0.29, 0.717) is 47.3 Å². The van der Waals surface area contributed by atoms with Gasteiger partial charge in [-0.1, -0.05) is 25.1 Å². The molecule has 4 heterocycles. The van der Waals surface area contributed by atoms with Crippen molar-refractivity contribution in [2.75, 3.05) is 71.9 Å². The zero-order valence-electron chi connectivity index (χ0n) is 31.7. The SMILES string of the molecule is COC(=O)CCN1CCC(C2CCN(C(=O)[C@H](C)Cc3cc(Br)c(O)c(Br)c3)CC2)CC1.COC(=O)N1CCC(N2CCc3ccccc3NC2=O)CC1. The Labute approximate surface area is 336 Å². The molecule has 3 saturated heterocycles. The van der Waals surface area contributed by atoms with E-state index in [9.17, 15) is 24.3 Å². The van der Waals surface area contributed by atoms with Crippen molar-refractivity contribution in [2.45, 2.75) is 70.8 Å². The number of carbonyl (C=O) groups is 4. The van der Waals surface area contributed by atoms with E-state index in [-0.39, 0.29) is 41.7 Å².